The van der Waals surface area contributed by atoms with Crippen LogP contribution in [0, 0.1) is 0 Å². The van der Waals surface area contributed by atoms with E-state index >= 15 is 0 Å². The Balaban J connectivity index is 2.95. The molecular formula is C17H26O2Si. The van der Waals surface area contributed by atoms with Gasteiger partial charge in [0, 0.05) is 0 Å². The van der Waals surface area contributed by atoms with Crippen molar-refractivity contribution in [3.8, 4) is 5.75 Å². The molecule has 0 aliphatic heterocycles. The molecule has 0 saturated heterocycles. The SMILES string of the molecule is C=CCC(CCCC)(C(=O)Oc1ccccc1)[SiH](C)C. The number of rotatable bonds is 8. The van der Waals surface area contributed by atoms with Gasteiger partial charge in [0.1, 0.15) is 5.75 Å². The minimum absolute atomic E-state index is 0.0706. The highest BCUT2D eigenvalue weighted by Crippen LogP contribution is 2.42. The van der Waals surface area contributed by atoms with Crippen LogP contribution >= 0.6 is 0 Å². The molecule has 20 heavy (non-hydrogen) atoms. The number of allylic oxidation sites excluding steroid dienone is 1. The van der Waals surface area contributed by atoms with Gasteiger partial charge in [-0.15, -0.1) is 6.58 Å². The lowest BCUT2D eigenvalue weighted by atomic mass is 9.97. The Labute approximate surface area is 124 Å². The first-order chi connectivity index (χ1) is 9.56. The molecule has 1 unspecified atom stereocenters. The van der Waals surface area contributed by atoms with Crippen molar-refractivity contribution in [1.82, 2.24) is 0 Å². The second kappa shape index (κ2) is 8.05. The highest BCUT2D eigenvalue weighted by Gasteiger charge is 2.42. The Bertz CT molecular complexity index is 428. The van der Waals surface area contributed by atoms with E-state index in [2.05, 4.69) is 26.6 Å². The average Bonchev–Trinajstić information content (AvgIpc) is 2.44. The van der Waals surface area contributed by atoms with Crippen LogP contribution in [-0.2, 0) is 4.79 Å². The molecule has 1 rings (SSSR count). The number of unbranched alkanes of at least 4 members (excludes halogenated alkanes) is 1. The summed E-state index contributed by atoms with van der Waals surface area (Å²) in [5.74, 6) is 0.566. The lowest BCUT2D eigenvalue weighted by Gasteiger charge is -2.33. The quantitative estimate of drug-likeness (QED) is 0.303. The third-order valence-electron chi connectivity index (χ3n) is 3.95. The van der Waals surface area contributed by atoms with Crippen molar-refractivity contribution < 1.29 is 9.53 Å². The number of hydrogen-bond acceptors (Lipinski definition) is 2. The maximum Gasteiger partial charge on any atom is 0.314 e. The highest BCUT2D eigenvalue weighted by atomic mass is 28.3. The average molecular weight is 290 g/mol. The number of hydrogen-bond donors (Lipinski definition) is 0. The summed E-state index contributed by atoms with van der Waals surface area (Å²) in [5.41, 5.74) is 0. The minimum atomic E-state index is -1.22. The lowest BCUT2D eigenvalue weighted by molar-refractivity contribution is -0.138. The number of para-hydroxylation sites is 1. The van der Waals surface area contributed by atoms with E-state index in [0.717, 1.165) is 25.7 Å². The van der Waals surface area contributed by atoms with Gasteiger partial charge in [-0.2, -0.15) is 0 Å². The molecule has 0 aromatic heterocycles. The zero-order chi connectivity index (χ0) is 15.0. The van der Waals surface area contributed by atoms with Gasteiger partial charge in [0.15, 0.2) is 0 Å². The van der Waals surface area contributed by atoms with E-state index in [1.165, 1.54) is 0 Å². The van der Waals surface area contributed by atoms with Crippen LogP contribution in [0.25, 0.3) is 0 Å². The third-order valence-corrected chi connectivity index (χ3v) is 6.92. The first kappa shape index (κ1) is 16.7. The van der Waals surface area contributed by atoms with Crippen molar-refractivity contribution in [3.05, 3.63) is 43.0 Å². The maximum absolute atomic E-state index is 12.7. The molecule has 0 radical (unpaired) electrons. The highest BCUT2D eigenvalue weighted by molar-refractivity contribution is 6.64. The van der Waals surface area contributed by atoms with Crippen LogP contribution in [0.5, 0.6) is 5.75 Å². The molecule has 3 heteroatoms. The van der Waals surface area contributed by atoms with E-state index in [-0.39, 0.29) is 11.0 Å². The van der Waals surface area contributed by atoms with Crippen LogP contribution in [0.15, 0.2) is 43.0 Å². The summed E-state index contributed by atoms with van der Waals surface area (Å²) in [6.07, 6.45) is 5.66. The van der Waals surface area contributed by atoms with Gasteiger partial charge in [-0.05, 0) is 25.0 Å². The standard InChI is InChI=1S/C17H26O2Si/c1-5-7-14-17(13-6-2,20(3)4)16(18)19-15-11-9-8-10-12-15/h6,8-12,20H,2,5,7,13-14H2,1,3-4H3. The Morgan fingerprint density at radius 1 is 1.35 bits per heavy atom. The molecule has 0 aliphatic carbocycles. The molecule has 0 saturated carbocycles. The summed E-state index contributed by atoms with van der Waals surface area (Å²) in [4.78, 5) is 12.7. The van der Waals surface area contributed by atoms with E-state index in [1.807, 2.05) is 36.4 Å². The van der Waals surface area contributed by atoms with Crippen molar-refractivity contribution >= 4 is 14.8 Å². The largest absolute Gasteiger partial charge is 0.426 e. The van der Waals surface area contributed by atoms with Crippen molar-refractivity contribution in [3.63, 3.8) is 0 Å². The van der Waals surface area contributed by atoms with Gasteiger partial charge in [-0.3, -0.25) is 4.79 Å². The van der Waals surface area contributed by atoms with Gasteiger partial charge in [-0.1, -0.05) is 57.1 Å². The van der Waals surface area contributed by atoms with Gasteiger partial charge in [0.25, 0.3) is 0 Å². The second-order valence-electron chi connectivity index (χ2n) is 5.61. The van der Waals surface area contributed by atoms with Crippen LogP contribution in [0.1, 0.15) is 32.6 Å². The van der Waals surface area contributed by atoms with Crippen molar-refractivity contribution in [2.24, 2.45) is 0 Å². The van der Waals surface area contributed by atoms with E-state index in [9.17, 15) is 4.79 Å². The zero-order valence-corrected chi connectivity index (χ0v) is 14.0. The number of carbonyl (C=O) groups is 1. The van der Waals surface area contributed by atoms with E-state index in [0.29, 0.717) is 5.75 Å². The summed E-state index contributed by atoms with van der Waals surface area (Å²) < 4.78 is 5.64. The van der Waals surface area contributed by atoms with E-state index in [1.54, 1.807) is 0 Å². The summed E-state index contributed by atoms with van der Waals surface area (Å²) >= 11 is 0. The summed E-state index contributed by atoms with van der Waals surface area (Å²) in [6, 6.07) is 9.35. The Hall–Kier alpha value is -1.35. The van der Waals surface area contributed by atoms with Crippen molar-refractivity contribution in [2.75, 3.05) is 0 Å². The van der Waals surface area contributed by atoms with Gasteiger partial charge < -0.3 is 4.74 Å². The summed E-state index contributed by atoms with van der Waals surface area (Å²) in [5, 5.41) is -0.326. The molecule has 1 aromatic rings. The fourth-order valence-electron chi connectivity index (χ4n) is 2.49. The van der Waals surface area contributed by atoms with Crippen LogP contribution in [0.3, 0.4) is 0 Å². The fraction of sp³-hybridized carbons (Fsp3) is 0.471. The Kier molecular flexibility index (Phi) is 6.72. The number of benzene rings is 1. The molecule has 110 valence electrons. The molecule has 0 bridgehead atoms. The molecule has 1 aromatic carbocycles. The molecular weight excluding hydrogens is 264 g/mol. The van der Waals surface area contributed by atoms with Crippen LogP contribution in [0.4, 0.5) is 0 Å². The molecule has 1 atom stereocenters. The normalized spacial score (nSPS) is 13.8. The predicted molar refractivity (Wildman–Crippen MR) is 88.0 cm³/mol. The van der Waals surface area contributed by atoms with Gasteiger partial charge in [-0.25, -0.2) is 0 Å². The summed E-state index contributed by atoms with van der Waals surface area (Å²) in [6.45, 7) is 10.5. The molecule has 0 spiro atoms. The lowest BCUT2D eigenvalue weighted by Crippen LogP contribution is -2.38. The number of esters is 1. The van der Waals surface area contributed by atoms with Crippen LogP contribution in [-0.4, -0.2) is 14.8 Å². The maximum atomic E-state index is 12.7. The molecule has 0 amide bonds. The smallest absolute Gasteiger partial charge is 0.314 e. The van der Waals surface area contributed by atoms with Crippen molar-refractivity contribution in [2.45, 2.75) is 50.7 Å². The first-order valence-electron chi connectivity index (χ1n) is 7.45. The fourth-order valence-corrected chi connectivity index (χ4v) is 4.44. The topological polar surface area (TPSA) is 26.3 Å². The third kappa shape index (κ3) is 4.07. The molecule has 0 aliphatic rings. The van der Waals surface area contributed by atoms with Crippen LogP contribution in [0.2, 0.25) is 18.1 Å². The van der Waals surface area contributed by atoms with E-state index in [4.69, 9.17) is 4.74 Å². The monoisotopic (exact) mass is 290 g/mol. The molecule has 2 nitrogen and oxygen atoms in total. The van der Waals surface area contributed by atoms with Crippen molar-refractivity contribution in [1.29, 1.82) is 0 Å². The number of carbonyl (C=O) groups excluding carboxylic acids is 1. The minimum Gasteiger partial charge on any atom is -0.426 e. The molecule has 0 N–H and O–H groups in total. The first-order valence-corrected chi connectivity index (χ1v) is 10.3. The molecule has 0 heterocycles. The second-order valence-corrected chi connectivity index (χ2v) is 9.02. The van der Waals surface area contributed by atoms with Gasteiger partial charge >= 0.3 is 5.97 Å². The van der Waals surface area contributed by atoms with Gasteiger partial charge in [0.05, 0.1) is 13.8 Å². The predicted octanol–water partition coefficient (Wildman–Crippen LogP) is 4.59. The molecule has 0 fully saturated rings. The van der Waals surface area contributed by atoms with E-state index < -0.39 is 8.80 Å². The summed E-state index contributed by atoms with van der Waals surface area (Å²) in [7, 11) is -1.22. The Morgan fingerprint density at radius 2 is 2.00 bits per heavy atom. The Morgan fingerprint density at radius 3 is 2.50 bits per heavy atom. The zero-order valence-electron chi connectivity index (χ0n) is 12.9. The number of ether oxygens (including phenoxy) is 1. The van der Waals surface area contributed by atoms with Crippen LogP contribution < -0.4 is 4.74 Å². The van der Waals surface area contributed by atoms with Gasteiger partial charge in [0.2, 0.25) is 0 Å².